The first-order chi connectivity index (χ1) is 13.6. The van der Waals surface area contributed by atoms with E-state index in [2.05, 4.69) is 10.6 Å². The van der Waals surface area contributed by atoms with E-state index < -0.39 is 0 Å². The molecule has 1 aliphatic carbocycles. The fraction of sp³-hybridized carbons (Fsp3) is 0.619. The largest absolute Gasteiger partial charge is 0.450 e. The Labute approximate surface area is 166 Å². The minimum atomic E-state index is -0.225. The van der Waals surface area contributed by atoms with Crippen molar-refractivity contribution in [3.05, 3.63) is 35.6 Å². The molecule has 0 radical (unpaired) electrons. The normalized spacial score (nSPS) is 19.2. The monoisotopic (exact) mass is 390 g/mol. The number of hydrogen-bond donors (Lipinski definition) is 2. The van der Waals surface area contributed by atoms with Crippen molar-refractivity contribution in [2.75, 3.05) is 32.8 Å². The van der Waals surface area contributed by atoms with Gasteiger partial charge >= 0.3 is 6.09 Å². The van der Waals surface area contributed by atoms with Gasteiger partial charge in [0.1, 0.15) is 5.82 Å². The van der Waals surface area contributed by atoms with Gasteiger partial charge in [0, 0.05) is 31.1 Å². The zero-order valence-corrected chi connectivity index (χ0v) is 16.8. The van der Waals surface area contributed by atoms with Crippen LogP contribution in [0, 0.1) is 5.82 Å². The van der Waals surface area contributed by atoms with E-state index in [0.29, 0.717) is 26.2 Å². The van der Waals surface area contributed by atoms with E-state index in [1.165, 1.54) is 12.1 Å². The molecule has 1 heterocycles. The lowest BCUT2D eigenvalue weighted by Crippen LogP contribution is -2.50. The number of hydrogen-bond acceptors (Lipinski definition) is 3. The summed E-state index contributed by atoms with van der Waals surface area (Å²) >= 11 is 0. The zero-order chi connectivity index (χ0) is 20.0. The maximum atomic E-state index is 13.2. The molecular weight excluding hydrogens is 359 g/mol. The lowest BCUT2D eigenvalue weighted by atomic mass is 9.96. The minimum Gasteiger partial charge on any atom is -0.450 e. The van der Waals surface area contributed by atoms with E-state index in [0.717, 1.165) is 43.8 Å². The maximum absolute atomic E-state index is 13.2. The van der Waals surface area contributed by atoms with Crippen LogP contribution in [0.15, 0.2) is 29.3 Å². The van der Waals surface area contributed by atoms with E-state index in [4.69, 9.17) is 9.73 Å². The van der Waals surface area contributed by atoms with Crippen LogP contribution in [0.25, 0.3) is 0 Å². The van der Waals surface area contributed by atoms with E-state index >= 15 is 0 Å². The molecule has 1 aliphatic heterocycles. The van der Waals surface area contributed by atoms with Crippen LogP contribution in [0.5, 0.6) is 0 Å². The lowest BCUT2D eigenvalue weighted by Gasteiger charge is -2.32. The maximum Gasteiger partial charge on any atom is 0.409 e. The molecule has 0 atom stereocenters. The topological polar surface area (TPSA) is 66.0 Å². The van der Waals surface area contributed by atoms with Crippen molar-refractivity contribution in [2.45, 2.75) is 51.0 Å². The second-order valence-electron chi connectivity index (χ2n) is 7.59. The van der Waals surface area contributed by atoms with Gasteiger partial charge in [0.25, 0.3) is 0 Å². The van der Waals surface area contributed by atoms with Gasteiger partial charge in [-0.05, 0) is 57.2 Å². The summed E-state index contributed by atoms with van der Waals surface area (Å²) in [7, 11) is 0. The average Bonchev–Trinajstić information content (AvgIpc) is 3.49. The molecule has 0 spiro atoms. The first-order valence-electron chi connectivity index (χ1n) is 10.3. The molecule has 6 nitrogen and oxygen atoms in total. The number of nitrogens with zero attached hydrogens (tertiary/aromatic N) is 2. The summed E-state index contributed by atoms with van der Waals surface area (Å²) in [6, 6.07) is 7.09. The number of piperidine rings is 1. The number of benzene rings is 1. The highest BCUT2D eigenvalue weighted by Crippen LogP contribution is 2.48. The van der Waals surface area contributed by atoms with Gasteiger partial charge in [0.15, 0.2) is 5.96 Å². The first kappa shape index (κ1) is 20.4. The minimum absolute atomic E-state index is 0.0450. The third kappa shape index (κ3) is 5.14. The third-order valence-corrected chi connectivity index (χ3v) is 5.56. The average molecular weight is 391 g/mol. The Hall–Kier alpha value is -2.31. The number of amides is 1. The summed E-state index contributed by atoms with van der Waals surface area (Å²) in [5.74, 6) is 0.609. The van der Waals surface area contributed by atoms with Crippen molar-refractivity contribution in [1.82, 2.24) is 15.5 Å². The van der Waals surface area contributed by atoms with Gasteiger partial charge in [-0.3, -0.25) is 4.99 Å². The summed E-state index contributed by atoms with van der Waals surface area (Å²) in [6.07, 6.45) is 3.67. The number of ether oxygens (including phenoxy) is 1. The van der Waals surface area contributed by atoms with Gasteiger partial charge in [-0.2, -0.15) is 0 Å². The van der Waals surface area contributed by atoms with Crippen molar-refractivity contribution in [2.24, 2.45) is 4.99 Å². The van der Waals surface area contributed by atoms with Gasteiger partial charge in [-0.25, -0.2) is 9.18 Å². The first-order valence-corrected chi connectivity index (χ1v) is 10.3. The zero-order valence-electron chi connectivity index (χ0n) is 16.8. The van der Waals surface area contributed by atoms with Crippen LogP contribution in [0.1, 0.15) is 45.1 Å². The van der Waals surface area contributed by atoms with Crippen molar-refractivity contribution in [3.8, 4) is 0 Å². The number of guanidine groups is 1. The summed E-state index contributed by atoms with van der Waals surface area (Å²) in [5.41, 5.74) is 1.21. The molecule has 2 aliphatic rings. The number of halogens is 1. The van der Waals surface area contributed by atoms with Gasteiger partial charge in [-0.15, -0.1) is 0 Å². The predicted molar refractivity (Wildman–Crippen MR) is 108 cm³/mol. The molecule has 3 rings (SSSR count). The summed E-state index contributed by atoms with van der Waals surface area (Å²) in [5, 5.41) is 6.83. The molecular formula is C21H31FN4O2. The van der Waals surface area contributed by atoms with Crippen LogP contribution >= 0.6 is 0 Å². The van der Waals surface area contributed by atoms with Gasteiger partial charge < -0.3 is 20.3 Å². The van der Waals surface area contributed by atoms with E-state index in [1.54, 1.807) is 4.90 Å². The Kier molecular flexibility index (Phi) is 6.75. The smallest absolute Gasteiger partial charge is 0.409 e. The van der Waals surface area contributed by atoms with E-state index in [9.17, 15) is 9.18 Å². The van der Waals surface area contributed by atoms with E-state index in [-0.39, 0.29) is 23.4 Å². The summed E-state index contributed by atoms with van der Waals surface area (Å²) < 4.78 is 18.3. The Balaban J connectivity index is 1.55. The fourth-order valence-electron chi connectivity index (χ4n) is 3.66. The van der Waals surface area contributed by atoms with Crippen molar-refractivity contribution in [3.63, 3.8) is 0 Å². The quantitative estimate of drug-likeness (QED) is 0.579. The Morgan fingerprint density at radius 3 is 2.50 bits per heavy atom. The summed E-state index contributed by atoms with van der Waals surface area (Å²) in [6.45, 7) is 7.14. The molecule has 2 fully saturated rings. The van der Waals surface area contributed by atoms with Gasteiger partial charge in [0.2, 0.25) is 0 Å². The number of aliphatic imine (C=N–C) groups is 1. The summed E-state index contributed by atoms with van der Waals surface area (Å²) in [4.78, 5) is 18.4. The molecule has 1 aromatic carbocycles. The van der Waals surface area contributed by atoms with Crippen molar-refractivity contribution < 1.29 is 13.9 Å². The fourth-order valence-corrected chi connectivity index (χ4v) is 3.66. The Morgan fingerprint density at radius 2 is 1.93 bits per heavy atom. The van der Waals surface area contributed by atoms with Crippen LogP contribution in [0.3, 0.4) is 0 Å². The molecule has 1 aromatic rings. The molecule has 1 saturated carbocycles. The number of carbonyl (C=O) groups is 1. The lowest BCUT2D eigenvalue weighted by molar-refractivity contribution is 0.0963. The number of likely N-dealkylation sites (tertiary alicyclic amines) is 1. The SMILES string of the molecule is CCNC(=NCC1(c2ccc(F)cc2)CC1)NC1CCN(C(=O)OCC)CC1. The van der Waals surface area contributed by atoms with Crippen LogP contribution in [-0.2, 0) is 10.2 Å². The molecule has 1 amide bonds. The second-order valence-corrected chi connectivity index (χ2v) is 7.59. The predicted octanol–water partition coefficient (Wildman–Crippen LogP) is 3.03. The molecule has 1 saturated heterocycles. The van der Waals surface area contributed by atoms with E-state index in [1.807, 2.05) is 26.0 Å². The Morgan fingerprint density at radius 1 is 1.25 bits per heavy atom. The number of carbonyl (C=O) groups excluding carboxylic acids is 1. The highest BCUT2D eigenvalue weighted by atomic mass is 19.1. The molecule has 0 bridgehead atoms. The van der Waals surface area contributed by atoms with Gasteiger partial charge in [-0.1, -0.05) is 12.1 Å². The molecule has 2 N–H and O–H groups in total. The highest BCUT2D eigenvalue weighted by molar-refractivity contribution is 5.80. The third-order valence-electron chi connectivity index (χ3n) is 5.56. The molecule has 0 unspecified atom stereocenters. The molecule has 7 heteroatoms. The van der Waals surface area contributed by atoms with Crippen LogP contribution in [-0.4, -0.2) is 55.8 Å². The van der Waals surface area contributed by atoms with Gasteiger partial charge in [0.05, 0.1) is 13.2 Å². The number of nitrogens with one attached hydrogen (secondary N) is 2. The van der Waals surface area contributed by atoms with Crippen LogP contribution < -0.4 is 10.6 Å². The molecule has 154 valence electrons. The Bertz CT molecular complexity index is 680. The molecule has 28 heavy (non-hydrogen) atoms. The second kappa shape index (κ2) is 9.26. The number of rotatable bonds is 6. The van der Waals surface area contributed by atoms with Crippen molar-refractivity contribution in [1.29, 1.82) is 0 Å². The van der Waals surface area contributed by atoms with Crippen molar-refractivity contribution >= 4 is 12.1 Å². The van der Waals surface area contributed by atoms with Crippen LogP contribution in [0.2, 0.25) is 0 Å². The molecule has 0 aromatic heterocycles. The highest BCUT2D eigenvalue weighted by Gasteiger charge is 2.44. The van der Waals surface area contributed by atoms with Crippen LogP contribution in [0.4, 0.5) is 9.18 Å². The standard InChI is InChI=1S/C21H31FN4O2/c1-3-23-19(25-18-9-13-26(14-10-18)20(27)28-4-2)24-15-21(11-12-21)16-5-7-17(22)8-6-16/h5-8,18H,3-4,9-15H2,1-2H3,(H2,23,24,25).